The van der Waals surface area contributed by atoms with Crippen LogP contribution < -0.4 is 5.32 Å². The van der Waals surface area contributed by atoms with E-state index in [1.807, 2.05) is 0 Å². The molecule has 6 heteroatoms. The number of nitrogens with zero attached hydrogens (tertiary/aromatic N) is 2. The van der Waals surface area contributed by atoms with Crippen molar-refractivity contribution < 1.29 is 13.6 Å². The zero-order valence-corrected chi connectivity index (χ0v) is 12.7. The van der Waals surface area contributed by atoms with Crippen molar-refractivity contribution in [1.82, 2.24) is 10.2 Å². The average Bonchev–Trinajstić information content (AvgIpc) is 3.26. The second-order valence-corrected chi connectivity index (χ2v) is 6.04. The summed E-state index contributed by atoms with van der Waals surface area (Å²) in [7, 11) is 1.67. The summed E-state index contributed by atoms with van der Waals surface area (Å²) in [4.78, 5) is 13.7. The number of rotatable bonds is 6. The van der Waals surface area contributed by atoms with Gasteiger partial charge < -0.3 is 5.32 Å². The first-order valence-corrected chi connectivity index (χ1v) is 7.19. The fourth-order valence-corrected chi connectivity index (χ4v) is 2.45. The van der Waals surface area contributed by atoms with Crippen LogP contribution >= 0.6 is 0 Å². The molecule has 0 bridgehead atoms. The number of hydrogen-bond acceptors (Lipinski definition) is 3. The molecule has 22 heavy (non-hydrogen) atoms. The Balaban J connectivity index is 1.90. The second kappa shape index (κ2) is 6.41. The summed E-state index contributed by atoms with van der Waals surface area (Å²) >= 11 is 0. The number of likely N-dealkylation sites (N-methyl/N-ethyl adjacent to an activating group) is 1. The molecule has 1 aromatic rings. The molecule has 1 N–H and O–H groups in total. The van der Waals surface area contributed by atoms with E-state index in [-0.39, 0.29) is 24.9 Å². The number of halogens is 2. The van der Waals surface area contributed by atoms with Gasteiger partial charge in [0.25, 0.3) is 0 Å². The van der Waals surface area contributed by atoms with Gasteiger partial charge in [-0.3, -0.25) is 9.69 Å². The van der Waals surface area contributed by atoms with E-state index in [0.717, 1.165) is 18.9 Å². The highest BCUT2D eigenvalue weighted by atomic mass is 19.1. The summed E-state index contributed by atoms with van der Waals surface area (Å²) in [6, 6.07) is 5.53. The summed E-state index contributed by atoms with van der Waals surface area (Å²) in [5.41, 5.74) is -0.513. The van der Waals surface area contributed by atoms with Crippen LogP contribution in [0.5, 0.6) is 0 Å². The molecule has 0 radical (unpaired) electrons. The standard InChI is InChI=1S/C16H19F2N3O/c1-16(10-19,12-4-5-12)20-15(22)9-21(2)8-11-3-6-13(17)7-14(11)18/h3,6-7,12H,4-5,8-9H2,1-2H3,(H,20,22). The molecule has 0 spiro atoms. The third-order valence-corrected chi connectivity index (χ3v) is 3.89. The molecule has 118 valence electrons. The van der Waals surface area contributed by atoms with Gasteiger partial charge in [-0.2, -0.15) is 5.26 Å². The summed E-state index contributed by atoms with van der Waals surface area (Å²) in [5, 5.41) is 12.0. The van der Waals surface area contributed by atoms with E-state index in [2.05, 4.69) is 11.4 Å². The molecule has 1 aliphatic rings. The molecular weight excluding hydrogens is 288 g/mol. The van der Waals surface area contributed by atoms with Gasteiger partial charge in [0.2, 0.25) is 5.91 Å². The van der Waals surface area contributed by atoms with Crippen LogP contribution in [-0.2, 0) is 11.3 Å². The number of hydrogen-bond donors (Lipinski definition) is 1. The molecule has 0 heterocycles. The van der Waals surface area contributed by atoms with Crippen molar-refractivity contribution in [3.05, 3.63) is 35.4 Å². The molecule has 1 atom stereocenters. The zero-order chi connectivity index (χ0) is 16.3. The smallest absolute Gasteiger partial charge is 0.235 e. The van der Waals surface area contributed by atoms with Gasteiger partial charge in [-0.15, -0.1) is 0 Å². The lowest BCUT2D eigenvalue weighted by Crippen LogP contribution is -2.49. The summed E-state index contributed by atoms with van der Waals surface area (Å²) in [6.45, 7) is 1.95. The van der Waals surface area contributed by atoms with Crippen LogP contribution in [0.4, 0.5) is 8.78 Å². The molecule has 1 amide bonds. The zero-order valence-electron chi connectivity index (χ0n) is 12.7. The largest absolute Gasteiger partial charge is 0.337 e. The average molecular weight is 307 g/mol. The Labute approximate surface area is 128 Å². The van der Waals surface area contributed by atoms with Gasteiger partial charge in [0.1, 0.15) is 17.2 Å². The van der Waals surface area contributed by atoms with Crippen LogP contribution in [0.25, 0.3) is 0 Å². The van der Waals surface area contributed by atoms with E-state index >= 15 is 0 Å². The first-order chi connectivity index (χ1) is 10.3. The Hall–Kier alpha value is -2.00. The van der Waals surface area contributed by atoms with Gasteiger partial charge in [-0.25, -0.2) is 8.78 Å². The summed E-state index contributed by atoms with van der Waals surface area (Å²) in [5.74, 6) is -1.33. The SMILES string of the molecule is CN(CC(=O)NC(C)(C#N)C1CC1)Cc1ccc(F)cc1F. The van der Waals surface area contributed by atoms with Crippen LogP contribution in [0.1, 0.15) is 25.3 Å². The predicted octanol–water partition coefficient (Wildman–Crippen LogP) is 2.21. The number of nitriles is 1. The van der Waals surface area contributed by atoms with Crippen LogP contribution in [0.15, 0.2) is 18.2 Å². The van der Waals surface area contributed by atoms with Crippen molar-refractivity contribution in [1.29, 1.82) is 5.26 Å². The molecule has 0 saturated heterocycles. The maximum absolute atomic E-state index is 13.6. The Morgan fingerprint density at radius 1 is 1.50 bits per heavy atom. The van der Waals surface area contributed by atoms with Crippen molar-refractivity contribution >= 4 is 5.91 Å². The van der Waals surface area contributed by atoms with Crippen LogP contribution in [0.3, 0.4) is 0 Å². The normalized spacial score (nSPS) is 16.9. The number of amides is 1. The number of carbonyl (C=O) groups excluding carboxylic acids is 1. The highest BCUT2D eigenvalue weighted by Crippen LogP contribution is 2.39. The van der Waals surface area contributed by atoms with E-state index < -0.39 is 17.2 Å². The molecule has 1 fully saturated rings. The highest BCUT2D eigenvalue weighted by molar-refractivity contribution is 5.79. The topological polar surface area (TPSA) is 56.1 Å². The molecule has 1 saturated carbocycles. The van der Waals surface area contributed by atoms with Gasteiger partial charge in [-0.05, 0) is 38.8 Å². The number of carbonyl (C=O) groups is 1. The Kier molecular flexibility index (Phi) is 4.77. The fraction of sp³-hybridized carbons (Fsp3) is 0.500. The minimum absolute atomic E-state index is 0.0425. The van der Waals surface area contributed by atoms with Crippen LogP contribution in [0, 0.1) is 28.9 Å². The van der Waals surface area contributed by atoms with E-state index in [1.54, 1.807) is 18.9 Å². The van der Waals surface area contributed by atoms with E-state index in [1.165, 1.54) is 12.1 Å². The van der Waals surface area contributed by atoms with Gasteiger partial charge in [0.15, 0.2) is 0 Å². The quantitative estimate of drug-likeness (QED) is 0.876. The Morgan fingerprint density at radius 2 is 2.18 bits per heavy atom. The molecule has 0 aromatic heterocycles. The van der Waals surface area contributed by atoms with E-state index in [0.29, 0.717) is 5.56 Å². The minimum atomic E-state index is -0.834. The minimum Gasteiger partial charge on any atom is -0.337 e. The van der Waals surface area contributed by atoms with Crippen molar-refractivity contribution in [3.8, 4) is 6.07 Å². The lowest BCUT2D eigenvalue weighted by atomic mass is 9.98. The predicted molar refractivity (Wildman–Crippen MR) is 77.6 cm³/mol. The maximum Gasteiger partial charge on any atom is 0.235 e. The molecule has 1 unspecified atom stereocenters. The third kappa shape index (κ3) is 4.01. The van der Waals surface area contributed by atoms with E-state index in [9.17, 15) is 18.8 Å². The second-order valence-electron chi connectivity index (χ2n) is 6.04. The Morgan fingerprint density at radius 3 is 2.73 bits per heavy atom. The molecule has 0 aliphatic heterocycles. The van der Waals surface area contributed by atoms with Crippen molar-refractivity contribution in [3.63, 3.8) is 0 Å². The fourth-order valence-electron chi connectivity index (χ4n) is 2.45. The first kappa shape index (κ1) is 16.4. The summed E-state index contributed by atoms with van der Waals surface area (Å²) < 4.78 is 26.4. The van der Waals surface area contributed by atoms with Crippen LogP contribution in [-0.4, -0.2) is 29.9 Å². The number of nitrogens with one attached hydrogen (secondary N) is 1. The van der Waals surface area contributed by atoms with Gasteiger partial charge in [-0.1, -0.05) is 6.07 Å². The molecular formula is C16H19F2N3O. The monoisotopic (exact) mass is 307 g/mol. The van der Waals surface area contributed by atoms with Gasteiger partial charge >= 0.3 is 0 Å². The molecule has 1 aliphatic carbocycles. The van der Waals surface area contributed by atoms with Crippen molar-refractivity contribution in [2.45, 2.75) is 31.8 Å². The molecule has 1 aromatic carbocycles. The third-order valence-electron chi connectivity index (χ3n) is 3.89. The highest BCUT2D eigenvalue weighted by Gasteiger charge is 2.43. The van der Waals surface area contributed by atoms with Crippen LogP contribution in [0.2, 0.25) is 0 Å². The lowest BCUT2D eigenvalue weighted by Gasteiger charge is -2.25. The van der Waals surface area contributed by atoms with E-state index in [4.69, 9.17) is 0 Å². The van der Waals surface area contributed by atoms with Crippen molar-refractivity contribution in [2.75, 3.05) is 13.6 Å². The van der Waals surface area contributed by atoms with Gasteiger partial charge in [0, 0.05) is 18.2 Å². The number of benzene rings is 1. The Bertz CT molecular complexity index is 610. The lowest BCUT2D eigenvalue weighted by molar-refractivity contribution is -0.123. The first-order valence-electron chi connectivity index (χ1n) is 7.19. The summed E-state index contributed by atoms with van der Waals surface area (Å²) in [6.07, 6.45) is 1.89. The van der Waals surface area contributed by atoms with Crippen molar-refractivity contribution in [2.24, 2.45) is 5.92 Å². The molecule has 4 nitrogen and oxygen atoms in total. The maximum atomic E-state index is 13.6. The van der Waals surface area contributed by atoms with Gasteiger partial charge in [0.05, 0.1) is 12.6 Å². The molecule has 2 rings (SSSR count).